The molecule has 0 spiro atoms. The van der Waals surface area contributed by atoms with E-state index in [1.54, 1.807) is 0 Å². The third-order valence-corrected chi connectivity index (χ3v) is 4.87. The Morgan fingerprint density at radius 1 is 1.26 bits per heavy atom. The zero-order valence-electron chi connectivity index (χ0n) is 13.0. The zero-order valence-corrected chi connectivity index (χ0v) is 14.6. The Morgan fingerprint density at radius 3 is 2.87 bits per heavy atom. The van der Waals surface area contributed by atoms with Gasteiger partial charge in [0.15, 0.2) is 0 Å². The Kier molecular flexibility index (Phi) is 3.95. The molecule has 0 unspecified atom stereocenters. The van der Waals surface area contributed by atoms with E-state index in [9.17, 15) is 0 Å². The van der Waals surface area contributed by atoms with Crippen LogP contribution in [0.5, 0.6) is 5.88 Å². The first-order valence-corrected chi connectivity index (χ1v) is 8.88. The maximum absolute atomic E-state index is 5.80. The van der Waals surface area contributed by atoms with Crippen molar-refractivity contribution in [2.24, 2.45) is 0 Å². The Hall–Kier alpha value is -1.66. The van der Waals surface area contributed by atoms with Gasteiger partial charge in [0.2, 0.25) is 5.88 Å². The molecule has 0 aliphatic carbocycles. The minimum absolute atomic E-state index is 0.403. The van der Waals surface area contributed by atoms with Crippen molar-refractivity contribution in [3.8, 4) is 5.88 Å². The van der Waals surface area contributed by atoms with Crippen molar-refractivity contribution in [2.45, 2.75) is 25.7 Å². The molecule has 6 heteroatoms. The van der Waals surface area contributed by atoms with Gasteiger partial charge in [0.1, 0.15) is 16.9 Å². The summed E-state index contributed by atoms with van der Waals surface area (Å²) in [5.41, 5.74) is 2.89. The second-order valence-electron chi connectivity index (χ2n) is 5.88. The molecular formula is C17H19BrN4O. The van der Waals surface area contributed by atoms with Crippen LogP contribution in [0.3, 0.4) is 0 Å². The molecule has 0 saturated carbocycles. The Morgan fingerprint density at radius 2 is 2.09 bits per heavy atom. The second-order valence-corrected chi connectivity index (χ2v) is 6.80. The number of nitrogens with one attached hydrogen (secondary N) is 2. The molecule has 0 atom stereocenters. The van der Waals surface area contributed by atoms with E-state index in [1.807, 2.05) is 13.0 Å². The van der Waals surface area contributed by atoms with E-state index in [1.165, 1.54) is 0 Å². The lowest BCUT2D eigenvalue weighted by Crippen LogP contribution is -2.27. The fraction of sp³-hybridized carbons (Fsp3) is 0.412. The number of hydrogen-bond acceptors (Lipinski definition) is 4. The molecular weight excluding hydrogens is 356 g/mol. The lowest BCUT2D eigenvalue weighted by atomic mass is 9.97. The second kappa shape index (κ2) is 6.09. The van der Waals surface area contributed by atoms with Gasteiger partial charge in [-0.15, -0.1) is 0 Å². The summed E-state index contributed by atoms with van der Waals surface area (Å²) >= 11 is 3.52. The number of H-pyrrole nitrogens is 1. The molecule has 5 nitrogen and oxygen atoms in total. The first kappa shape index (κ1) is 14.9. The van der Waals surface area contributed by atoms with Gasteiger partial charge in [-0.05, 0) is 51.1 Å². The molecule has 0 amide bonds. The van der Waals surface area contributed by atoms with Crippen LogP contribution in [0, 0.1) is 0 Å². The molecule has 3 aromatic rings. The number of ether oxygens (including phenoxy) is 1. The average Bonchev–Trinajstić information content (AvgIpc) is 2.93. The van der Waals surface area contributed by atoms with Crippen LogP contribution >= 0.6 is 15.9 Å². The lowest BCUT2D eigenvalue weighted by molar-refractivity contribution is 0.326. The highest BCUT2D eigenvalue weighted by Gasteiger charge is 2.22. The Labute approximate surface area is 143 Å². The maximum atomic E-state index is 5.80. The van der Waals surface area contributed by atoms with E-state index in [0.29, 0.717) is 18.4 Å². The third-order valence-electron chi connectivity index (χ3n) is 4.37. The molecule has 1 fully saturated rings. The Balaban J connectivity index is 1.93. The molecule has 1 aliphatic rings. The molecule has 1 aliphatic heterocycles. The Bertz CT molecular complexity index is 855. The van der Waals surface area contributed by atoms with Gasteiger partial charge in [-0.25, -0.2) is 4.98 Å². The average molecular weight is 375 g/mol. The van der Waals surface area contributed by atoms with E-state index >= 15 is 0 Å². The normalized spacial score (nSPS) is 16.3. The summed E-state index contributed by atoms with van der Waals surface area (Å²) in [4.78, 5) is 13.0. The monoisotopic (exact) mass is 374 g/mol. The summed E-state index contributed by atoms with van der Waals surface area (Å²) in [7, 11) is 0. The van der Waals surface area contributed by atoms with E-state index in [-0.39, 0.29) is 0 Å². The highest BCUT2D eigenvalue weighted by atomic mass is 79.9. The molecule has 0 radical (unpaired) electrons. The van der Waals surface area contributed by atoms with Crippen LogP contribution < -0.4 is 10.1 Å². The van der Waals surface area contributed by atoms with Crippen LogP contribution in [0.15, 0.2) is 22.7 Å². The topological polar surface area (TPSA) is 62.8 Å². The molecule has 120 valence electrons. The summed E-state index contributed by atoms with van der Waals surface area (Å²) in [6.07, 6.45) is 2.15. The van der Waals surface area contributed by atoms with Crippen molar-refractivity contribution in [1.82, 2.24) is 20.3 Å². The summed E-state index contributed by atoms with van der Waals surface area (Å²) in [6, 6.07) is 6.20. The van der Waals surface area contributed by atoms with Crippen molar-refractivity contribution >= 4 is 37.9 Å². The fourth-order valence-electron chi connectivity index (χ4n) is 3.23. The first-order chi connectivity index (χ1) is 11.3. The van der Waals surface area contributed by atoms with Gasteiger partial charge < -0.3 is 15.0 Å². The number of aromatic amines is 1. The molecule has 2 aromatic heterocycles. The van der Waals surface area contributed by atoms with Gasteiger partial charge in [-0.3, -0.25) is 0 Å². The van der Waals surface area contributed by atoms with Crippen molar-refractivity contribution in [3.05, 3.63) is 28.5 Å². The van der Waals surface area contributed by atoms with E-state index in [0.717, 1.165) is 58.2 Å². The van der Waals surface area contributed by atoms with Crippen LogP contribution in [0.25, 0.3) is 21.9 Å². The van der Waals surface area contributed by atoms with Gasteiger partial charge in [0, 0.05) is 21.3 Å². The number of piperidine rings is 1. The number of halogens is 1. The van der Waals surface area contributed by atoms with Crippen molar-refractivity contribution < 1.29 is 4.74 Å². The number of nitrogens with zero attached hydrogens (tertiary/aromatic N) is 2. The third kappa shape index (κ3) is 2.70. The van der Waals surface area contributed by atoms with Crippen LogP contribution in [0.2, 0.25) is 0 Å². The predicted molar refractivity (Wildman–Crippen MR) is 95.1 cm³/mol. The standard InChI is InChI=1S/C17H19BrN4O/c1-2-23-17-15-14(12-4-3-11(18)9-13(12)20-15)21-16(22-17)10-5-7-19-8-6-10/h3-4,9-10,19-20H,2,5-8H2,1H3. The van der Waals surface area contributed by atoms with Crippen LogP contribution in [0.4, 0.5) is 0 Å². The molecule has 2 N–H and O–H groups in total. The van der Waals surface area contributed by atoms with E-state index in [2.05, 4.69) is 38.4 Å². The van der Waals surface area contributed by atoms with Gasteiger partial charge >= 0.3 is 0 Å². The van der Waals surface area contributed by atoms with Crippen LogP contribution in [0.1, 0.15) is 31.5 Å². The van der Waals surface area contributed by atoms with E-state index in [4.69, 9.17) is 14.7 Å². The summed E-state index contributed by atoms with van der Waals surface area (Å²) < 4.78 is 6.84. The molecule has 0 bridgehead atoms. The number of fused-ring (bicyclic) bond motifs is 3. The van der Waals surface area contributed by atoms with Gasteiger partial charge in [0.05, 0.1) is 6.61 Å². The fourth-order valence-corrected chi connectivity index (χ4v) is 3.59. The molecule has 23 heavy (non-hydrogen) atoms. The first-order valence-electron chi connectivity index (χ1n) is 8.08. The quantitative estimate of drug-likeness (QED) is 0.732. The number of hydrogen-bond donors (Lipinski definition) is 2. The molecule has 1 aromatic carbocycles. The summed E-state index contributed by atoms with van der Waals surface area (Å²) in [5.74, 6) is 1.98. The summed E-state index contributed by atoms with van der Waals surface area (Å²) in [6.45, 7) is 4.63. The SMILES string of the molecule is CCOc1nc(C2CCNCC2)nc2c1[nH]c1cc(Br)ccc12. The highest BCUT2D eigenvalue weighted by Crippen LogP contribution is 2.33. The minimum atomic E-state index is 0.403. The molecule has 3 heterocycles. The van der Waals surface area contributed by atoms with Gasteiger partial charge in [-0.2, -0.15) is 4.98 Å². The van der Waals surface area contributed by atoms with E-state index < -0.39 is 0 Å². The lowest BCUT2D eigenvalue weighted by Gasteiger charge is -2.21. The largest absolute Gasteiger partial charge is 0.476 e. The number of aromatic nitrogens is 3. The molecule has 4 rings (SSSR count). The van der Waals surface area contributed by atoms with Gasteiger partial charge in [-0.1, -0.05) is 15.9 Å². The van der Waals surface area contributed by atoms with Crippen molar-refractivity contribution in [3.63, 3.8) is 0 Å². The van der Waals surface area contributed by atoms with Crippen LogP contribution in [-0.2, 0) is 0 Å². The van der Waals surface area contributed by atoms with Crippen molar-refractivity contribution in [1.29, 1.82) is 0 Å². The number of rotatable bonds is 3. The predicted octanol–water partition coefficient (Wildman–Crippen LogP) is 3.74. The van der Waals surface area contributed by atoms with Crippen LogP contribution in [-0.4, -0.2) is 34.6 Å². The zero-order chi connectivity index (χ0) is 15.8. The summed E-state index contributed by atoms with van der Waals surface area (Å²) in [5, 5.41) is 4.51. The molecule has 1 saturated heterocycles. The minimum Gasteiger partial charge on any atom is -0.476 e. The van der Waals surface area contributed by atoms with Gasteiger partial charge in [0.25, 0.3) is 0 Å². The maximum Gasteiger partial charge on any atom is 0.241 e. The van der Waals surface area contributed by atoms with Crippen molar-refractivity contribution in [2.75, 3.05) is 19.7 Å². The smallest absolute Gasteiger partial charge is 0.241 e. The highest BCUT2D eigenvalue weighted by molar-refractivity contribution is 9.10. The number of benzene rings is 1.